The zero-order chi connectivity index (χ0) is 13.6. The Morgan fingerprint density at radius 3 is 2.44 bits per heavy atom. The summed E-state index contributed by atoms with van der Waals surface area (Å²) in [6, 6.07) is 8.27. The molecule has 102 valence electrons. The third-order valence-electron chi connectivity index (χ3n) is 3.27. The minimum atomic E-state index is 0.212. The Labute approximate surface area is 115 Å². The largest absolute Gasteiger partial charge is 0.396 e. The highest BCUT2D eigenvalue weighted by Gasteiger charge is 2.18. The van der Waals surface area contributed by atoms with Crippen LogP contribution in [0.2, 0.25) is 5.02 Å². The second-order valence-corrected chi connectivity index (χ2v) is 6.08. The normalized spacial score (nSPS) is 13.6. The summed E-state index contributed by atoms with van der Waals surface area (Å²) in [5.41, 5.74) is 1.46. The molecule has 1 atom stereocenters. The van der Waals surface area contributed by atoms with Gasteiger partial charge in [-0.3, -0.25) is 0 Å². The molecule has 1 rings (SSSR count). The maximum atomic E-state index is 8.88. The molecule has 18 heavy (non-hydrogen) atoms. The van der Waals surface area contributed by atoms with Gasteiger partial charge < -0.3 is 10.4 Å². The first-order chi connectivity index (χ1) is 8.44. The van der Waals surface area contributed by atoms with Crippen molar-refractivity contribution in [3.63, 3.8) is 0 Å². The fourth-order valence-corrected chi connectivity index (χ4v) is 2.07. The van der Waals surface area contributed by atoms with E-state index in [0.717, 1.165) is 24.4 Å². The molecule has 0 aliphatic heterocycles. The second kappa shape index (κ2) is 7.13. The van der Waals surface area contributed by atoms with E-state index >= 15 is 0 Å². The van der Waals surface area contributed by atoms with Crippen molar-refractivity contribution in [2.45, 2.75) is 39.7 Å². The van der Waals surface area contributed by atoms with Gasteiger partial charge in [-0.25, -0.2) is 0 Å². The third-order valence-corrected chi connectivity index (χ3v) is 3.52. The first kappa shape index (κ1) is 15.5. The minimum Gasteiger partial charge on any atom is -0.396 e. The smallest absolute Gasteiger partial charge is 0.0431 e. The zero-order valence-electron chi connectivity index (χ0n) is 11.5. The Kier molecular flexibility index (Phi) is 6.13. The van der Waals surface area contributed by atoms with Gasteiger partial charge in [0.2, 0.25) is 0 Å². The van der Waals surface area contributed by atoms with Gasteiger partial charge in [0.1, 0.15) is 0 Å². The summed E-state index contributed by atoms with van der Waals surface area (Å²) in [7, 11) is 0. The quantitative estimate of drug-likeness (QED) is 0.789. The summed E-state index contributed by atoms with van der Waals surface area (Å²) in [4.78, 5) is 0. The molecular weight excluding hydrogens is 246 g/mol. The first-order valence-corrected chi connectivity index (χ1v) is 6.92. The first-order valence-electron chi connectivity index (χ1n) is 6.54. The van der Waals surface area contributed by atoms with Crippen LogP contribution >= 0.6 is 11.6 Å². The number of nitrogens with one attached hydrogen (secondary N) is 1. The summed E-state index contributed by atoms with van der Waals surface area (Å²) in [5.74, 6) is 0. The Balaban J connectivity index is 2.45. The van der Waals surface area contributed by atoms with Gasteiger partial charge in [0.25, 0.3) is 0 Å². The van der Waals surface area contributed by atoms with E-state index in [1.165, 1.54) is 5.56 Å². The molecule has 1 unspecified atom stereocenters. The number of hydrogen-bond donors (Lipinski definition) is 2. The molecule has 0 spiro atoms. The SMILES string of the molecule is CC(NCC(C)(C)CCCO)c1ccc(Cl)cc1. The fraction of sp³-hybridized carbons (Fsp3) is 0.600. The third kappa shape index (κ3) is 5.38. The van der Waals surface area contributed by atoms with E-state index in [2.05, 4.69) is 38.2 Å². The van der Waals surface area contributed by atoms with Crippen molar-refractivity contribution in [1.29, 1.82) is 0 Å². The van der Waals surface area contributed by atoms with Crippen molar-refractivity contribution in [1.82, 2.24) is 5.32 Å². The van der Waals surface area contributed by atoms with Crippen LogP contribution < -0.4 is 5.32 Å². The van der Waals surface area contributed by atoms with Gasteiger partial charge in [-0.1, -0.05) is 37.6 Å². The second-order valence-electron chi connectivity index (χ2n) is 5.65. The molecule has 0 aliphatic rings. The molecule has 2 N–H and O–H groups in total. The van der Waals surface area contributed by atoms with Crippen LogP contribution in [0, 0.1) is 5.41 Å². The lowest BCUT2D eigenvalue weighted by Crippen LogP contribution is -2.31. The van der Waals surface area contributed by atoms with Crippen molar-refractivity contribution in [3.8, 4) is 0 Å². The van der Waals surface area contributed by atoms with Crippen LogP contribution in [0.4, 0.5) is 0 Å². The molecule has 1 aromatic rings. The lowest BCUT2D eigenvalue weighted by atomic mass is 9.87. The summed E-state index contributed by atoms with van der Waals surface area (Å²) in [5, 5.41) is 13.2. The highest BCUT2D eigenvalue weighted by Crippen LogP contribution is 2.23. The lowest BCUT2D eigenvalue weighted by molar-refractivity contribution is 0.233. The van der Waals surface area contributed by atoms with Gasteiger partial charge in [0.05, 0.1) is 0 Å². The standard InChI is InChI=1S/C15H24ClNO/c1-12(13-5-7-14(16)8-6-13)17-11-15(2,3)9-4-10-18/h5-8,12,17-18H,4,9-11H2,1-3H3. The average molecular weight is 270 g/mol. The predicted octanol–water partition coefficient (Wildman–Crippen LogP) is 3.79. The fourth-order valence-electron chi connectivity index (χ4n) is 1.94. The van der Waals surface area contributed by atoms with Crippen LogP contribution in [0.25, 0.3) is 0 Å². The number of benzene rings is 1. The molecule has 1 aromatic carbocycles. The summed E-state index contributed by atoms with van der Waals surface area (Å²) in [6.07, 6.45) is 1.90. The molecule has 0 aliphatic carbocycles. The summed E-state index contributed by atoms with van der Waals surface area (Å²) >= 11 is 5.88. The van der Waals surface area contributed by atoms with Gasteiger partial charge in [-0.05, 0) is 42.9 Å². The highest BCUT2D eigenvalue weighted by molar-refractivity contribution is 6.30. The van der Waals surface area contributed by atoms with Gasteiger partial charge >= 0.3 is 0 Å². The maximum Gasteiger partial charge on any atom is 0.0431 e. The predicted molar refractivity (Wildman–Crippen MR) is 78.0 cm³/mol. The van der Waals surface area contributed by atoms with Crippen LogP contribution in [0.1, 0.15) is 45.2 Å². The molecule has 0 aromatic heterocycles. The minimum absolute atomic E-state index is 0.212. The number of aliphatic hydroxyl groups is 1. The zero-order valence-corrected chi connectivity index (χ0v) is 12.3. The molecule has 0 saturated heterocycles. The van der Waals surface area contributed by atoms with Crippen molar-refractivity contribution < 1.29 is 5.11 Å². The lowest BCUT2D eigenvalue weighted by Gasteiger charge is -2.27. The van der Waals surface area contributed by atoms with Crippen LogP contribution in [-0.2, 0) is 0 Å². The van der Waals surface area contributed by atoms with E-state index in [0.29, 0.717) is 6.04 Å². The number of hydrogen-bond acceptors (Lipinski definition) is 2. The topological polar surface area (TPSA) is 32.3 Å². The molecule has 2 nitrogen and oxygen atoms in total. The average Bonchev–Trinajstić information content (AvgIpc) is 2.35. The van der Waals surface area contributed by atoms with E-state index in [9.17, 15) is 0 Å². The van der Waals surface area contributed by atoms with Crippen molar-refractivity contribution >= 4 is 11.6 Å². The molecule has 0 bridgehead atoms. The van der Waals surface area contributed by atoms with Crippen LogP contribution in [0.5, 0.6) is 0 Å². The molecule has 0 saturated carbocycles. The Morgan fingerprint density at radius 1 is 1.28 bits per heavy atom. The monoisotopic (exact) mass is 269 g/mol. The highest BCUT2D eigenvalue weighted by atomic mass is 35.5. The van der Waals surface area contributed by atoms with E-state index < -0.39 is 0 Å². The number of rotatable bonds is 7. The van der Waals surface area contributed by atoms with Gasteiger partial charge in [-0.2, -0.15) is 0 Å². The van der Waals surface area contributed by atoms with E-state index in [4.69, 9.17) is 16.7 Å². The molecule has 0 heterocycles. The Morgan fingerprint density at radius 2 is 1.89 bits per heavy atom. The van der Waals surface area contributed by atoms with E-state index in [1.807, 2.05) is 12.1 Å². The van der Waals surface area contributed by atoms with Crippen LogP contribution in [0.15, 0.2) is 24.3 Å². The number of halogens is 1. The summed E-state index contributed by atoms with van der Waals surface area (Å²) < 4.78 is 0. The van der Waals surface area contributed by atoms with E-state index in [-0.39, 0.29) is 12.0 Å². The Bertz CT molecular complexity index is 348. The van der Waals surface area contributed by atoms with Gasteiger partial charge in [0, 0.05) is 24.2 Å². The Hall–Kier alpha value is -0.570. The van der Waals surface area contributed by atoms with Crippen LogP contribution in [0.3, 0.4) is 0 Å². The molecule has 0 amide bonds. The maximum absolute atomic E-state index is 8.88. The van der Waals surface area contributed by atoms with Crippen molar-refractivity contribution in [2.75, 3.05) is 13.2 Å². The van der Waals surface area contributed by atoms with Gasteiger partial charge in [-0.15, -0.1) is 0 Å². The van der Waals surface area contributed by atoms with Gasteiger partial charge in [0.15, 0.2) is 0 Å². The number of aliphatic hydroxyl groups excluding tert-OH is 1. The molecule has 0 radical (unpaired) electrons. The molecule has 3 heteroatoms. The summed E-state index contributed by atoms with van der Waals surface area (Å²) in [6.45, 7) is 7.83. The van der Waals surface area contributed by atoms with Crippen molar-refractivity contribution in [2.24, 2.45) is 5.41 Å². The molecular formula is C15H24ClNO. The van der Waals surface area contributed by atoms with Crippen LogP contribution in [-0.4, -0.2) is 18.3 Å². The van der Waals surface area contributed by atoms with E-state index in [1.54, 1.807) is 0 Å². The van der Waals surface area contributed by atoms with Crippen molar-refractivity contribution in [3.05, 3.63) is 34.9 Å². The molecule has 0 fully saturated rings.